The lowest BCUT2D eigenvalue weighted by Gasteiger charge is -2.06. The van der Waals surface area contributed by atoms with Crippen LogP contribution < -0.4 is 10.9 Å². The molecule has 0 fully saturated rings. The average Bonchev–Trinajstić information content (AvgIpc) is 3.14. The van der Waals surface area contributed by atoms with Crippen molar-refractivity contribution in [2.24, 2.45) is 0 Å². The highest BCUT2D eigenvalue weighted by Gasteiger charge is 2.11. The Bertz CT molecular complexity index is 889. The summed E-state index contributed by atoms with van der Waals surface area (Å²) in [6.45, 7) is 2.00. The molecular weight excluding hydrogens is 332 g/mol. The molecule has 0 saturated heterocycles. The van der Waals surface area contributed by atoms with Crippen LogP contribution >= 0.6 is 0 Å². The number of rotatable bonds is 5. The van der Waals surface area contributed by atoms with E-state index in [0.717, 1.165) is 11.1 Å². The SMILES string of the molecule is Cc1ccc(-c2noc(CCC(=O)NNC(=O)c3ccccc3)n2)cc1. The van der Waals surface area contributed by atoms with Crippen LogP contribution in [0.4, 0.5) is 0 Å². The van der Waals surface area contributed by atoms with Crippen LogP contribution in [0, 0.1) is 6.92 Å². The summed E-state index contributed by atoms with van der Waals surface area (Å²) in [6.07, 6.45) is 0.399. The standard InChI is InChI=1S/C19H18N4O3/c1-13-7-9-14(10-8-13)18-20-17(26-23-18)12-11-16(24)21-22-19(25)15-5-3-2-4-6-15/h2-10H,11-12H2,1H3,(H,21,24)(H,22,25). The Hall–Kier alpha value is -3.48. The van der Waals surface area contributed by atoms with Gasteiger partial charge in [0.15, 0.2) is 0 Å². The lowest BCUT2D eigenvalue weighted by Crippen LogP contribution is -2.41. The predicted molar refractivity (Wildman–Crippen MR) is 94.8 cm³/mol. The molecule has 7 nitrogen and oxygen atoms in total. The van der Waals surface area contributed by atoms with E-state index in [1.807, 2.05) is 37.3 Å². The molecule has 0 radical (unpaired) electrons. The average molecular weight is 350 g/mol. The Balaban J connectivity index is 1.47. The molecule has 7 heteroatoms. The first-order valence-corrected chi connectivity index (χ1v) is 8.15. The minimum absolute atomic E-state index is 0.116. The third kappa shape index (κ3) is 4.54. The third-order valence-corrected chi connectivity index (χ3v) is 3.70. The number of benzene rings is 2. The zero-order valence-corrected chi connectivity index (χ0v) is 14.2. The van der Waals surface area contributed by atoms with Crippen LogP contribution in [0.3, 0.4) is 0 Å². The number of nitrogens with zero attached hydrogens (tertiary/aromatic N) is 2. The molecule has 1 aromatic heterocycles. The quantitative estimate of drug-likeness (QED) is 0.689. The largest absolute Gasteiger partial charge is 0.339 e. The Morgan fingerprint density at radius 3 is 2.46 bits per heavy atom. The lowest BCUT2D eigenvalue weighted by molar-refractivity contribution is -0.121. The van der Waals surface area contributed by atoms with Crippen molar-refractivity contribution in [2.45, 2.75) is 19.8 Å². The molecule has 0 aliphatic heterocycles. The lowest BCUT2D eigenvalue weighted by atomic mass is 10.1. The van der Waals surface area contributed by atoms with Crippen molar-refractivity contribution in [1.82, 2.24) is 21.0 Å². The smallest absolute Gasteiger partial charge is 0.269 e. The summed E-state index contributed by atoms with van der Waals surface area (Å²) in [5.41, 5.74) is 7.20. The van der Waals surface area contributed by atoms with Gasteiger partial charge in [-0.2, -0.15) is 4.98 Å². The van der Waals surface area contributed by atoms with Crippen molar-refractivity contribution < 1.29 is 14.1 Å². The monoisotopic (exact) mass is 350 g/mol. The molecule has 2 aromatic carbocycles. The fourth-order valence-corrected chi connectivity index (χ4v) is 2.25. The maximum atomic E-state index is 11.9. The van der Waals surface area contributed by atoms with E-state index in [1.54, 1.807) is 24.3 Å². The summed E-state index contributed by atoms with van der Waals surface area (Å²) in [6, 6.07) is 16.4. The van der Waals surface area contributed by atoms with Crippen LogP contribution in [0.25, 0.3) is 11.4 Å². The summed E-state index contributed by atoms with van der Waals surface area (Å²) in [7, 11) is 0. The van der Waals surface area contributed by atoms with E-state index in [-0.39, 0.29) is 24.7 Å². The van der Waals surface area contributed by atoms with Crippen molar-refractivity contribution in [3.63, 3.8) is 0 Å². The first-order chi connectivity index (χ1) is 12.6. The van der Waals surface area contributed by atoms with Crippen LogP contribution in [0.1, 0.15) is 28.2 Å². The van der Waals surface area contributed by atoms with Crippen LogP contribution in [0.15, 0.2) is 59.1 Å². The fourth-order valence-electron chi connectivity index (χ4n) is 2.25. The van der Waals surface area contributed by atoms with Crippen molar-refractivity contribution in [1.29, 1.82) is 0 Å². The van der Waals surface area contributed by atoms with Gasteiger partial charge in [0, 0.05) is 24.0 Å². The number of carbonyl (C=O) groups is 2. The van der Waals surface area contributed by atoms with Crippen molar-refractivity contribution in [3.05, 3.63) is 71.6 Å². The number of hydrogen-bond donors (Lipinski definition) is 2. The Labute approximate surface area is 150 Å². The van der Waals surface area contributed by atoms with Gasteiger partial charge >= 0.3 is 0 Å². The topological polar surface area (TPSA) is 97.1 Å². The first-order valence-electron chi connectivity index (χ1n) is 8.15. The zero-order valence-electron chi connectivity index (χ0n) is 14.2. The molecule has 2 N–H and O–H groups in total. The van der Waals surface area contributed by atoms with E-state index in [2.05, 4.69) is 21.0 Å². The van der Waals surface area contributed by atoms with E-state index in [1.165, 1.54) is 0 Å². The summed E-state index contributed by atoms with van der Waals surface area (Å²) >= 11 is 0. The molecule has 1 heterocycles. The van der Waals surface area contributed by atoms with Gasteiger partial charge < -0.3 is 4.52 Å². The van der Waals surface area contributed by atoms with Gasteiger partial charge in [0.25, 0.3) is 5.91 Å². The molecule has 26 heavy (non-hydrogen) atoms. The molecule has 3 rings (SSSR count). The molecule has 3 aromatic rings. The third-order valence-electron chi connectivity index (χ3n) is 3.70. The number of carbonyl (C=O) groups excluding carboxylic acids is 2. The van der Waals surface area contributed by atoms with Gasteiger partial charge in [-0.05, 0) is 19.1 Å². The van der Waals surface area contributed by atoms with Gasteiger partial charge in [0.2, 0.25) is 17.6 Å². The summed E-state index contributed by atoms with van der Waals surface area (Å²) in [4.78, 5) is 28.0. The number of aromatic nitrogens is 2. The zero-order chi connectivity index (χ0) is 18.4. The molecule has 0 atom stereocenters. The van der Waals surface area contributed by atoms with Gasteiger partial charge in [0.1, 0.15) is 0 Å². The Kier molecular flexibility index (Phi) is 5.38. The second-order valence-corrected chi connectivity index (χ2v) is 5.75. The fraction of sp³-hybridized carbons (Fsp3) is 0.158. The number of hydrazine groups is 1. The molecule has 0 saturated carbocycles. The van der Waals surface area contributed by atoms with Gasteiger partial charge in [-0.15, -0.1) is 0 Å². The predicted octanol–water partition coefficient (Wildman–Crippen LogP) is 2.44. The highest BCUT2D eigenvalue weighted by atomic mass is 16.5. The number of aryl methyl sites for hydroxylation is 2. The summed E-state index contributed by atoms with van der Waals surface area (Å²) < 4.78 is 5.17. The summed E-state index contributed by atoms with van der Waals surface area (Å²) in [5.74, 6) is 0.130. The number of amides is 2. The Morgan fingerprint density at radius 2 is 1.73 bits per heavy atom. The van der Waals surface area contributed by atoms with E-state index in [0.29, 0.717) is 17.3 Å². The van der Waals surface area contributed by atoms with Gasteiger partial charge in [-0.3, -0.25) is 20.4 Å². The van der Waals surface area contributed by atoms with E-state index >= 15 is 0 Å². The molecular formula is C19H18N4O3. The molecule has 132 valence electrons. The van der Waals surface area contributed by atoms with Gasteiger partial charge in [-0.25, -0.2) is 0 Å². The molecule has 0 spiro atoms. The van der Waals surface area contributed by atoms with Crippen LogP contribution in [0.5, 0.6) is 0 Å². The number of nitrogens with one attached hydrogen (secondary N) is 2. The summed E-state index contributed by atoms with van der Waals surface area (Å²) in [5, 5.41) is 3.92. The first kappa shape index (κ1) is 17.3. The molecule has 0 unspecified atom stereocenters. The minimum Gasteiger partial charge on any atom is -0.339 e. The highest BCUT2D eigenvalue weighted by molar-refractivity contribution is 5.95. The second-order valence-electron chi connectivity index (χ2n) is 5.75. The minimum atomic E-state index is -0.376. The maximum Gasteiger partial charge on any atom is 0.269 e. The van der Waals surface area contributed by atoms with Gasteiger partial charge in [-0.1, -0.05) is 53.2 Å². The van der Waals surface area contributed by atoms with Crippen molar-refractivity contribution in [3.8, 4) is 11.4 Å². The maximum absolute atomic E-state index is 11.9. The molecule has 0 aliphatic rings. The molecule has 0 bridgehead atoms. The molecule has 2 amide bonds. The van der Waals surface area contributed by atoms with Crippen molar-refractivity contribution in [2.75, 3.05) is 0 Å². The van der Waals surface area contributed by atoms with E-state index < -0.39 is 0 Å². The number of hydrogen-bond acceptors (Lipinski definition) is 5. The Morgan fingerprint density at radius 1 is 1.00 bits per heavy atom. The van der Waals surface area contributed by atoms with Crippen molar-refractivity contribution >= 4 is 11.8 Å². The van der Waals surface area contributed by atoms with Gasteiger partial charge in [0.05, 0.1) is 0 Å². The highest BCUT2D eigenvalue weighted by Crippen LogP contribution is 2.16. The normalized spacial score (nSPS) is 10.3. The van der Waals surface area contributed by atoms with Crippen LogP contribution in [-0.2, 0) is 11.2 Å². The molecule has 0 aliphatic carbocycles. The van der Waals surface area contributed by atoms with E-state index in [9.17, 15) is 9.59 Å². The second kappa shape index (κ2) is 8.06. The van der Waals surface area contributed by atoms with Crippen LogP contribution in [0.2, 0.25) is 0 Å². The van der Waals surface area contributed by atoms with Crippen LogP contribution in [-0.4, -0.2) is 22.0 Å². The van der Waals surface area contributed by atoms with E-state index in [4.69, 9.17) is 4.52 Å².